The molecule has 0 radical (unpaired) electrons. The lowest BCUT2D eigenvalue weighted by Crippen LogP contribution is -2.08. The Morgan fingerprint density at radius 2 is 1.43 bits per heavy atom. The molecule has 1 N–H and O–H groups in total. The Labute approximate surface area is 132 Å². The van der Waals surface area contributed by atoms with Crippen molar-refractivity contribution in [2.45, 2.75) is 66.7 Å². The van der Waals surface area contributed by atoms with Gasteiger partial charge in [0.1, 0.15) is 0 Å². The summed E-state index contributed by atoms with van der Waals surface area (Å²) >= 11 is 0. The third-order valence-corrected chi connectivity index (χ3v) is 3.66. The minimum Gasteiger partial charge on any atom is -0.396 e. The molecule has 0 saturated heterocycles. The molecule has 0 fully saturated rings. The third kappa shape index (κ3) is 11.3. The van der Waals surface area contributed by atoms with Crippen molar-refractivity contribution in [2.24, 2.45) is 5.92 Å². The molecule has 0 aliphatic rings. The van der Waals surface area contributed by atoms with Gasteiger partial charge in [-0.3, -0.25) is 0 Å². The summed E-state index contributed by atoms with van der Waals surface area (Å²) in [6.45, 7) is 15.0. The molecule has 0 aromatic heterocycles. The number of allylic oxidation sites excluding steroid dienone is 6. The Hall–Kier alpha value is -1.08. The molecule has 0 rings (SSSR count). The van der Waals surface area contributed by atoms with E-state index in [1.807, 2.05) is 0 Å². The second kappa shape index (κ2) is 11.6. The maximum Gasteiger partial charge on any atom is 0.0499 e. The van der Waals surface area contributed by atoms with Crippen molar-refractivity contribution in [1.82, 2.24) is 0 Å². The molecule has 0 amide bonds. The summed E-state index contributed by atoms with van der Waals surface area (Å²) in [6, 6.07) is 0. The van der Waals surface area contributed by atoms with Gasteiger partial charge in [-0.1, -0.05) is 47.1 Å². The molecule has 1 nitrogen and oxygen atoms in total. The van der Waals surface area contributed by atoms with Gasteiger partial charge >= 0.3 is 0 Å². The van der Waals surface area contributed by atoms with E-state index in [4.69, 9.17) is 0 Å². The SMILES string of the molecule is C=C(CCC=C(C)C)[C@H](CO)C/C=C(\C)CCC=C(C)C. The zero-order chi connectivity index (χ0) is 16.3. The van der Waals surface area contributed by atoms with Gasteiger partial charge in [-0.15, -0.1) is 0 Å². The molecule has 0 bridgehead atoms. The van der Waals surface area contributed by atoms with Crippen LogP contribution in [-0.4, -0.2) is 11.7 Å². The van der Waals surface area contributed by atoms with Gasteiger partial charge in [0.2, 0.25) is 0 Å². The van der Waals surface area contributed by atoms with Crippen LogP contribution in [0.3, 0.4) is 0 Å². The summed E-state index contributed by atoms with van der Waals surface area (Å²) in [6.07, 6.45) is 11.9. The van der Waals surface area contributed by atoms with Gasteiger partial charge in [-0.25, -0.2) is 0 Å². The predicted molar refractivity (Wildman–Crippen MR) is 95.4 cm³/mol. The van der Waals surface area contributed by atoms with Crippen molar-refractivity contribution < 1.29 is 5.11 Å². The van der Waals surface area contributed by atoms with Gasteiger partial charge in [0, 0.05) is 12.5 Å². The maximum absolute atomic E-state index is 9.55. The molecule has 0 spiro atoms. The van der Waals surface area contributed by atoms with E-state index in [0.29, 0.717) is 0 Å². The average molecular weight is 290 g/mol. The highest BCUT2D eigenvalue weighted by atomic mass is 16.3. The maximum atomic E-state index is 9.55. The molecule has 1 atom stereocenters. The van der Waals surface area contributed by atoms with Crippen molar-refractivity contribution in [1.29, 1.82) is 0 Å². The van der Waals surface area contributed by atoms with Crippen LogP contribution >= 0.6 is 0 Å². The summed E-state index contributed by atoms with van der Waals surface area (Å²) in [5.41, 5.74) is 5.30. The van der Waals surface area contributed by atoms with Crippen LogP contribution in [0.2, 0.25) is 0 Å². The molecule has 1 heteroatoms. The number of aliphatic hydroxyl groups is 1. The normalized spacial score (nSPS) is 12.8. The molecule has 0 unspecified atom stereocenters. The van der Waals surface area contributed by atoms with Gasteiger partial charge in [-0.05, 0) is 66.7 Å². The molecule has 0 aromatic rings. The number of rotatable bonds is 10. The Balaban J connectivity index is 4.26. The average Bonchev–Trinajstić information content (AvgIpc) is 2.38. The second-order valence-corrected chi connectivity index (χ2v) is 6.46. The van der Waals surface area contributed by atoms with E-state index in [0.717, 1.165) is 32.1 Å². The van der Waals surface area contributed by atoms with Gasteiger partial charge in [-0.2, -0.15) is 0 Å². The second-order valence-electron chi connectivity index (χ2n) is 6.46. The van der Waals surface area contributed by atoms with E-state index in [-0.39, 0.29) is 12.5 Å². The first-order valence-corrected chi connectivity index (χ1v) is 8.07. The van der Waals surface area contributed by atoms with Crippen molar-refractivity contribution in [3.05, 3.63) is 47.1 Å². The molecule has 0 heterocycles. The van der Waals surface area contributed by atoms with Crippen LogP contribution in [0, 0.1) is 5.92 Å². The lowest BCUT2D eigenvalue weighted by atomic mass is 9.92. The van der Waals surface area contributed by atoms with Crippen molar-refractivity contribution in [2.75, 3.05) is 6.61 Å². The first kappa shape index (κ1) is 19.9. The highest BCUT2D eigenvalue weighted by molar-refractivity contribution is 5.09. The standard InChI is InChI=1S/C20H34O/c1-16(2)9-7-11-18(5)13-14-20(15-21)19(6)12-8-10-17(3)4/h9-10,13,20-21H,6-8,11-12,14-15H2,1-5H3/b18-13+/t20-/m0/s1. The minimum atomic E-state index is 0.200. The molecular formula is C20H34O. The van der Waals surface area contributed by atoms with Gasteiger partial charge in [0.05, 0.1) is 0 Å². The van der Waals surface area contributed by atoms with Gasteiger partial charge in [0.15, 0.2) is 0 Å². The topological polar surface area (TPSA) is 20.2 Å². The fourth-order valence-electron chi connectivity index (χ4n) is 2.15. The summed E-state index contributed by atoms with van der Waals surface area (Å²) in [4.78, 5) is 0. The molecule has 0 aliphatic carbocycles. The van der Waals surface area contributed by atoms with Crippen LogP contribution in [0.5, 0.6) is 0 Å². The molecular weight excluding hydrogens is 256 g/mol. The summed E-state index contributed by atoms with van der Waals surface area (Å²) in [5.74, 6) is 0.203. The number of hydrogen-bond acceptors (Lipinski definition) is 1. The van der Waals surface area contributed by atoms with E-state index >= 15 is 0 Å². The van der Waals surface area contributed by atoms with Crippen LogP contribution in [0.25, 0.3) is 0 Å². The highest BCUT2D eigenvalue weighted by Crippen LogP contribution is 2.21. The molecule has 0 aliphatic heterocycles. The summed E-state index contributed by atoms with van der Waals surface area (Å²) < 4.78 is 0. The van der Waals surface area contributed by atoms with Crippen LogP contribution < -0.4 is 0 Å². The smallest absolute Gasteiger partial charge is 0.0499 e. The quantitative estimate of drug-likeness (QED) is 0.491. The van der Waals surface area contributed by atoms with Gasteiger partial charge in [0.25, 0.3) is 0 Å². The van der Waals surface area contributed by atoms with Crippen molar-refractivity contribution in [3.8, 4) is 0 Å². The first-order chi connectivity index (χ1) is 9.86. The molecule has 21 heavy (non-hydrogen) atoms. The van der Waals surface area contributed by atoms with Crippen LogP contribution in [-0.2, 0) is 0 Å². The van der Waals surface area contributed by atoms with E-state index < -0.39 is 0 Å². The third-order valence-electron chi connectivity index (χ3n) is 3.66. The van der Waals surface area contributed by atoms with E-state index in [1.54, 1.807) is 0 Å². The summed E-state index contributed by atoms with van der Waals surface area (Å²) in [5, 5.41) is 9.55. The highest BCUT2D eigenvalue weighted by Gasteiger charge is 2.09. The zero-order valence-electron chi connectivity index (χ0n) is 14.7. The molecule has 0 saturated carbocycles. The molecule has 120 valence electrons. The van der Waals surface area contributed by atoms with Crippen LogP contribution in [0.4, 0.5) is 0 Å². The zero-order valence-corrected chi connectivity index (χ0v) is 14.7. The summed E-state index contributed by atoms with van der Waals surface area (Å²) in [7, 11) is 0. The lowest BCUT2D eigenvalue weighted by Gasteiger charge is -2.15. The Morgan fingerprint density at radius 3 is 1.90 bits per heavy atom. The number of hydrogen-bond donors (Lipinski definition) is 1. The van der Waals surface area contributed by atoms with E-state index in [2.05, 4.69) is 59.4 Å². The predicted octanol–water partition coefficient (Wildman–Crippen LogP) is 5.98. The monoisotopic (exact) mass is 290 g/mol. The van der Waals surface area contributed by atoms with E-state index in [9.17, 15) is 5.11 Å². The fourth-order valence-corrected chi connectivity index (χ4v) is 2.15. The van der Waals surface area contributed by atoms with Gasteiger partial charge < -0.3 is 5.11 Å². The van der Waals surface area contributed by atoms with Crippen molar-refractivity contribution in [3.63, 3.8) is 0 Å². The minimum absolute atomic E-state index is 0.200. The Bertz CT molecular complexity index is 388. The fraction of sp³-hybridized carbons (Fsp3) is 0.600. The van der Waals surface area contributed by atoms with E-state index in [1.165, 1.54) is 22.3 Å². The lowest BCUT2D eigenvalue weighted by molar-refractivity contribution is 0.245. The first-order valence-electron chi connectivity index (χ1n) is 8.07. The Morgan fingerprint density at radius 1 is 0.905 bits per heavy atom. The largest absolute Gasteiger partial charge is 0.396 e. The molecule has 0 aromatic carbocycles. The Kier molecular flexibility index (Phi) is 11.0. The van der Waals surface area contributed by atoms with Crippen LogP contribution in [0.1, 0.15) is 66.7 Å². The van der Waals surface area contributed by atoms with Crippen molar-refractivity contribution >= 4 is 0 Å². The number of aliphatic hydroxyl groups excluding tert-OH is 1. The van der Waals surface area contributed by atoms with Crippen LogP contribution in [0.15, 0.2) is 47.1 Å².